The summed E-state index contributed by atoms with van der Waals surface area (Å²) in [6.45, 7) is 1.59. The molecule has 0 saturated heterocycles. The van der Waals surface area contributed by atoms with Crippen LogP contribution in [-0.2, 0) is 0 Å². The molecule has 6 heteroatoms. The molecule has 0 saturated carbocycles. The van der Waals surface area contributed by atoms with Crippen LogP contribution in [0.1, 0.15) is 16.1 Å². The van der Waals surface area contributed by atoms with Gasteiger partial charge in [-0.2, -0.15) is 5.10 Å². The van der Waals surface area contributed by atoms with Gasteiger partial charge in [0.05, 0.1) is 11.9 Å². The van der Waals surface area contributed by atoms with Crippen LogP contribution in [0.5, 0.6) is 0 Å². The molecule has 2 rings (SSSR count). The first-order valence-corrected chi connectivity index (χ1v) is 4.49. The van der Waals surface area contributed by atoms with Crippen LogP contribution in [0.3, 0.4) is 0 Å². The van der Waals surface area contributed by atoms with E-state index in [0.717, 1.165) is 6.20 Å². The van der Waals surface area contributed by atoms with Crippen molar-refractivity contribution >= 4 is 5.97 Å². The van der Waals surface area contributed by atoms with Gasteiger partial charge in [-0.25, -0.2) is 18.9 Å². The van der Waals surface area contributed by atoms with E-state index < -0.39 is 11.8 Å². The van der Waals surface area contributed by atoms with Crippen molar-refractivity contribution in [2.75, 3.05) is 0 Å². The number of aromatic carboxylic acids is 1. The normalized spacial score (nSPS) is 10.4. The van der Waals surface area contributed by atoms with Crippen LogP contribution in [0, 0.1) is 12.7 Å². The highest BCUT2D eigenvalue weighted by atomic mass is 19.1. The van der Waals surface area contributed by atoms with Gasteiger partial charge in [0.25, 0.3) is 0 Å². The average Bonchev–Trinajstić information content (AvgIpc) is 2.61. The number of halogens is 1. The zero-order valence-electron chi connectivity index (χ0n) is 8.38. The number of carboxylic acids is 1. The number of pyridine rings is 1. The molecule has 0 radical (unpaired) electrons. The van der Waals surface area contributed by atoms with Crippen LogP contribution in [0.4, 0.5) is 4.39 Å². The maximum Gasteiger partial charge on any atom is 0.339 e. The van der Waals surface area contributed by atoms with Crippen LogP contribution in [0.25, 0.3) is 5.82 Å². The van der Waals surface area contributed by atoms with Crippen molar-refractivity contribution in [3.63, 3.8) is 0 Å². The Morgan fingerprint density at radius 3 is 2.75 bits per heavy atom. The zero-order chi connectivity index (χ0) is 11.7. The van der Waals surface area contributed by atoms with Crippen molar-refractivity contribution in [3.8, 4) is 5.82 Å². The van der Waals surface area contributed by atoms with E-state index in [-0.39, 0.29) is 5.56 Å². The molecule has 1 N–H and O–H groups in total. The number of aryl methyl sites for hydroxylation is 1. The number of hydrogen-bond donors (Lipinski definition) is 1. The van der Waals surface area contributed by atoms with Gasteiger partial charge in [-0.1, -0.05) is 0 Å². The predicted octanol–water partition coefficient (Wildman–Crippen LogP) is 1.41. The minimum Gasteiger partial charge on any atom is -0.478 e. The van der Waals surface area contributed by atoms with E-state index >= 15 is 0 Å². The Kier molecular flexibility index (Phi) is 2.40. The van der Waals surface area contributed by atoms with E-state index in [1.165, 1.54) is 23.0 Å². The van der Waals surface area contributed by atoms with Gasteiger partial charge in [0.1, 0.15) is 11.4 Å². The van der Waals surface area contributed by atoms with Gasteiger partial charge in [0, 0.05) is 6.20 Å². The van der Waals surface area contributed by atoms with E-state index in [2.05, 4.69) is 10.1 Å². The first kappa shape index (κ1) is 10.3. The molecule has 0 atom stereocenters. The lowest BCUT2D eigenvalue weighted by molar-refractivity contribution is 0.0696. The highest BCUT2D eigenvalue weighted by Crippen LogP contribution is 2.10. The van der Waals surface area contributed by atoms with E-state index in [1.807, 2.05) is 0 Å². The Morgan fingerprint density at radius 2 is 2.25 bits per heavy atom. The maximum absolute atomic E-state index is 12.6. The fourth-order valence-electron chi connectivity index (χ4n) is 1.29. The molecule has 0 spiro atoms. The van der Waals surface area contributed by atoms with Crippen molar-refractivity contribution < 1.29 is 14.3 Å². The fraction of sp³-hybridized carbons (Fsp3) is 0.100. The van der Waals surface area contributed by atoms with Gasteiger partial charge in [0.2, 0.25) is 0 Å². The molecule has 0 aromatic carbocycles. The summed E-state index contributed by atoms with van der Waals surface area (Å²) in [6, 6.07) is 2.66. The Labute approximate surface area is 90.2 Å². The third-order valence-corrected chi connectivity index (χ3v) is 2.08. The molecular formula is C10H8FN3O2. The molecule has 2 aromatic heterocycles. The molecule has 0 aliphatic carbocycles. The molecule has 16 heavy (non-hydrogen) atoms. The minimum atomic E-state index is -1.05. The molecule has 5 nitrogen and oxygen atoms in total. The van der Waals surface area contributed by atoms with E-state index in [0.29, 0.717) is 11.5 Å². The van der Waals surface area contributed by atoms with Crippen LogP contribution in [0.2, 0.25) is 0 Å². The molecule has 0 amide bonds. The zero-order valence-corrected chi connectivity index (χ0v) is 8.38. The van der Waals surface area contributed by atoms with E-state index in [4.69, 9.17) is 5.11 Å². The standard InChI is InChI=1S/C10H8FN3O2/c1-6-8(10(15)16)5-14(13-6)9-3-2-7(11)4-12-9/h2-5H,1H3,(H,15,16). The summed E-state index contributed by atoms with van der Waals surface area (Å²) in [5.41, 5.74) is 0.491. The lowest BCUT2D eigenvalue weighted by Gasteiger charge is -1.98. The van der Waals surface area contributed by atoms with Crippen LogP contribution in [0.15, 0.2) is 24.5 Å². The van der Waals surface area contributed by atoms with Crippen molar-refractivity contribution in [3.05, 3.63) is 41.6 Å². The van der Waals surface area contributed by atoms with Gasteiger partial charge >= 0.3 is 5.97 Å². The molecule has 0 bridgehead atoms. The highest BCUT2D eigenvalue weighted by molar-refractivity contribution is 5.88. The summed E-state index contributed by atoms with van der Waals surface area (Å²) in [5.74, 6) is -1.13. The summed E-state index contributed by atoms with van der Waals surface area (Å²) in [4.78, 5) is 14.6. The van der Waals surface area contributed by atoms with Crippen LogP contribution < -0.4 is 0 Å². The first-order chi connectivity index (χ1) is 7.58. The molecule has 0 aliphatic heterocycles. The van der Waals surface area contributed by atoms with Crippen molar-refractivity contribution in [2.45, 2.75) is 6.92 Å². The molecule has 82 valence electrons. The third kappa shape index (κ3) is 1.77. The Balaban J connectivity index is 2.45. The quantitative estimate of drug-likeness (QED) is 0.832. The smallest absolute Gasteiger partial charge is 0.339 e. The number of rotatable bonds is 2. The SMILES string of the molecule is Cc1nn(-c2ccc(F)cn2)cc1C(=O)O. The van der Waals surface area contributed by atoms with Gasteiger partial charge in [-0.05, 0) is 19.1 Å². The van der Waals surface area contributed by atoms with Gasteiger partial charge in [-0.3, -0.25) is 0 Å². The van der Waals surface area contributed by atoms with Crippen LogP contribution >= 0.6 is 0 Å². The summed E-state index contributed by atoms with van der Waals surface area (Å²) in [5, 5.41) is 12.8. The van der Waals surface area contributed by atoms with Gasteiger partial charge in [-0.15, -0.1) is 0 Å². The Hall–Kier alpha value is -2.24. The number of carbonyl (C=O) groups is 1. The van der Waals surface area contributed by atoms with E-state index in [1.54, 1.807) is 6.92 Å². The minimum absolute atomic E-state index is 0.103. The molecular weight excluding hydrogens is 213 g/mol. The second-order valence-corrected chi connectivity index (χ2v) is 3.21. The van der Waals surface area contributed by atoms with Gasteiger partial charge < -0.3 is 5.11 Å². The molecule has 0 unspecified atom stereocenters. The lowest BCUT2D eigenvalue weighted by Crippen LogP contribution is -1.98. The highest BCUT2D eigenvalue weighted by Gasteiger charge is 2.12. The summed E-state index contributed by atoms with van der Waals surface area (Å²) in [6.07, 6.45) is 2.39. The van der Waals surface area contributed by atoms with Crippen LogP contribution in [-0.4, -0.2) is 25.8 Å². The number of nitrogens with zero attached hydrogens (tertiary/aromatic N) is 3. The summed E-state index contributed by atoms with van der Waals surface area (Å²) < 4.78 is 13.9. The molecule has 2 aromatic rings. The van der Waals surface area contributed by atoms with E-state index in [9.17, 15) is 9.18 Å². The molecule has 0 aliphatic rings. The second kappa shape index (κ2) is 3.73. The first-order valence-electron chi connectivity index (χ1n) is 4.49. The summed E-state index contributed by atoms with van der Waals surface area (Å²) in [7, 11) is 0. The third-order valence-electron chi connectivity index (χ3n) is 2.08. The average molecular weight is 221 g/mol. The van der Waals surface area contributed by atoms with Crippen molar-refractivity contribution in [1.82, 2.24) is 14.8 Å². The summed E-state index contributed by atoms with van der Waals surface area (Å²) >= 11 is 0. The number of aromatic nitrogens is 3. The molecule has 0 fully saturated rings. The van der Waals surface area contributed by atoms with Gasteiger partial charge in [0.15, 0.2) is 5.82 Å². The topological polar surface area (TPSA) is 68.0 Å². The number of carboxylic acid groups (broad SMARTS) is 1. The Bertz CT molecular complexity index is 533. The van der Waals surface area contributed by atoms with Crippen molar-refractivity contribution in [2.24, 2.45) is 0 Å². The molecule has 2 heterocycles. The monoisotopic (exact) mass is 221 g/mol. The number of hydrogen-bond acceptors (Lipinski definition) is 3. The lowest BCUT2D eigenvalue weighted by atomic mass is 10.3. The Morgan fingerprint density at radius 1 is 1.50 bits per heavy atom. The largest absolute Gasteiger partial charge is 0.478 e. The fourth-order valence-corrected chi connectivity index (χ4v) is 1.29. The van der Waals surface area contributed by atoms with Crippen molar-refractivity contribution in [1.29, 1.82) is 0 Å². The maximum atomic E-state index is 12.6. The predicted molar refractivity (Wildman–Crippen MR) is 53.0 cm³/mol. The second-order valence-electron chi connectivity index (χ2n) is 3.21.